The second-order valence-electron chi connectivity index (χ2n) is 9.38. The summed E-state index contributed by atoms with van der Waals surface area (Å²) in [6.45, 7) is 2.30. The van der Waals surface area contributed by atoms with E-state index >= 15 is 0 Å². The summed E-state index contributed by atoms with van der Waals surface area (Å²) in [5.74, 6) is 0.858. The summed E-state index contributed by atoms with van der Waals surface area (Å²) < 4.78 is 0. The van der Waals surface area contributed by atoms with E-state index in [-0.39, 0.29) is 0 Å². The minimum absolute atomic E-state index is 0.858. The average Bonchev–Trinajstić information content (AvgIpc) is 2.73. The summed E-state index contributed by atoms with van der Waals surface area (Å²) in [7, 11) is 0. The maximum Gasteiger partial charge on any atom is -0.0159 e. The Bertz CT molecular complexity index is 475. The molecule has 160 valence electrons. The molecule has 0 amide bonds. The van der Waals surface area contributed by atoms with Crippen LogP contribution in [0, 0.1) is 0 Å². The lowest BCUT2D eigenvalue weighted by Crippen LogP contribution is -2.09. The van der Waals surface area contributed by atoms with Crippen LogP contribution in [0.3, 0.4) is 0 Å². The maximum absolute atomic E-state index is 2.39. The van der Waals surface area contributed by atoms with Gasteiger partial charge in [0.15, 0.2) is 0 Å². The van der Waals surface area contributed by atoms with Crippen molar-refractivity contribution in [1.82, 2.24) is 0 Å². The Hall–Kier alpha value is -0.780. The molecule has 28 heavy (non-hydrogen) atoms. The Kier molecular flexibility index (Phi) is 13.5. The molecular weight excluding hydrogens is 336 g/mol. The Labute approximate surface area is 176 Å². The first-order valence-corrected chi connectivity index (χ1v) is 13.0. The van der Waals surface area contributed by atoms with Crippen molar-refractivity contribution in [2.24, 2.45) is 0 Å². The van der Waals surface area contributed by atoms with Gasteiger partial charge in [-0.15, -0.1) is 0 Å². The predicted octanol–water partition coefficient (Wildman–Crippen LogP) is 9.76. The molecule has 2 rings (SSSR count). The van der Waals surface area contributed by atoms with E-state index in [0.29, 0.717) is 0 Å². The number of hydrogen-bond acceptors (Lipinski definition) is 0. The number of fused-ring (bicyclic) bond motifs is 1. The summed E-state index contributed by atoms with van der Waals surface area (Å²) >= 11 is 0. The summed E-state index contributed by atoms with van der Waals surface area (Å²) in [5.41, 5.74) is 3.31. The van der Waals surface area contributed by atoms with Gasteiger partial charge < -0.3 is 0 Å². The van der Waals surface area contributed by atoms with E-state index in [4.69, 9.17) is 0 Å². The number of hydrogen-bond donors (Lipinski definition) is 0. The molecule has 0 nitrogen and oxygen atoms in total. The van der Waals surface area contributed by atoms with Crippen molar-refractivity contribution >= 4 is 0 Å². The van der Waals surface area contributed by atoms with Gasteiger partial charge in [0.05, 0.1) is 0 Å². The Morgan fingerprint density at radius 2 is 1.14 bits per heavy atom. The molecule has 1 atom stereocenters. The third-order valence-electron chi connectivity index (χ3n) is 6.90. The molecule has 0 saturated heterocycles. The van der Waals surface area contributed by atoms with Crippen LogP contribution in [0.5, 0.6) is 0 Å². The normalized spacial score (nSPS) is 16.2. The van der Waals surface area contributed by atoms with Crippen LogP contribution in [0.4, 0.5) is 0 Å². The Morgan fingerprint density at radius 3 is 1.71 bits per heavy atom. The smallest absolute Gasteiger partial charge is 0.0159 e. The van der Waals surface area contributed by atoms with Gasteiger partial charge in [0.2, 0.25) is 0 Å². The van der Waals surface area contributed by atoms with Crippen LogP contribution < -0.4 is 0 Å². The second kappa shape index (κ2) is 16.1. The SMILES string of the molecule is CCCCCCCCCCCCCCCCCCC1CCCc2ccccc21. The van der Waals surface area contributed by atoms with Crippen LogP contribution in [-0.4, -0.2) is 0 Å². The molecule has 1 aromatic rings. The molecule has 1 aromatic carbocycles. The van der Waals surface area contributed by atoms with Gasteiger partial charge in [0, 0.05) is 0 Å². The second-order valence-corrected chi connectivity index (χ2v) is 9.38. The molecule has 1 unspecified atom stereocenters. The molecule has 0 heteroatoms. The topological polar surface area (TPSA) is 0 Å². The van der Waals surface area contributed by atoms with Gasteiger partial charge in [-0.25, -0.2) is 0 Å². The van der Waals surface area contributed by atoms with E-state index in [0.717, 1.165) is 5.92 Å². The monoisotopic (exact) mass is 384 g/mol. The maximum atomic E-state index is 2.39. The van der Waals surface area contributed by atoms with E-state index in [1.165, 1.54) is 128 Å². The van der Waals surface area contributed by atoms with Gasteiger partial charge in [-0.3, -0.25) is 0 Å². The Balaban J connectivity index is 1.33. The first-order chi connectivity index (χ1) is 13.9. The molecule has 0 bridgehead atoms. The zero-order valence-electron chi connectivity index (χ0n) is 19.0. The Morgan fingerprint density at radius 1 is 0.643 bits per heavy atom. The predicted molar refractivity (Wildman–Crippen MR) is 126 cm³/mol. The minimum atomic E-state index is 0.858. The highest BCUT2D eigenvalue weighted by Crippen LogP contribution is 2.35. The summed E-state index contributed by atoms with van der Waals surface area (Å²) in [5, 5.41) is 0. The number of aryl methyl sites for hydroxylation is 1. The van der Waals surface area contributed by atoms with E-state index in [1.807, 2.05) is 0 Å². The third-order valence-corrected chi connectivity index (χ3v) is 6.90. The molecular formula is C28H48. The average molecular weight is 385 g/mol. The fourth-order valence-electron chi connectivity index (χ4n) is 5.09. The highest BCUT2D eigenvalue weighted by Gasteiger charge is 2.18. The lowest BCUT2D eigenvalue weighted by molar-refractivity contribution is 0.479. The van der Waals surface area contributed by atoms with Crippen molar-refractivity contribution in [2.45, 2.75) is 141 Å². The van der Waals surface area contributed by atoms with Gasteiger partial charge in [-0.1, -0.05) is 134 Å². The van der Waals surface area contributed by atoms with E-state index in [2.05, 4.69) is 31.2 Å². The first-order valence-electron chi connectivity index (χ1n) is 13.0. The molecule has 0 saturated carbocycles. The van der Waals surface area contributed by atoms with Crippen molar-refractivity contribution < 1.29 is 0 Å². The summed E-state index contributed by atoms with van der Waals surface area (Å²) in [4.78, 5) is 0. The molecule has 1 aliphatic carbocycles. The first kappa shape index (κ1) is 23.5. The molecule has 0 aliphatic heterocycles. The van der Waals surface area contributed by atoms with E-state index < -0.39 is 0 Å². The fourth-order valence-corrected chi connectivity index (χ4v) is 5.09. The van der Waals surface area contributed by atoms with Gasteiger partial charge in [0.25, 0.3) is 0 Å². The highest BCUT2D eigenvalue weighted by molar-refractivity contribution is 5.32. The van der Waals surface area contributed by atoms with Crippen LogP contribution in [0.15, 0.2) is 24.3 Å². The van der Waals surface area contributed by atoms with Crippen LogP contribution in [0.2, 0.25) is 0 Å². The minimum Gasteiger partial charge on any atom is -0.0654 e. The molecule has 0 fully saturated rings. The number of rotatable bonds is 17. The largest absolute Gasteiger partial charge is 0.0654 e. The van der Waals surface area contributed by atoms with Crippen molar-refractivity contribution in [3.63, 3.8) is 0 Å². The third kappa shape index (κ3) is 10.1. The van der Waals surface area contributed by atoms with Crippen molar-refractivity contribution in [1.29, 1.82) is 0 Å². The molecule has 1 aliphatic rings. The number of benzene rings is 1. The van der Waals surface area contributed by atoms with Crippen LogP contribution in [-0.2, 0) is 6.42 Å². The van der Waals surface area contributed by atoms with E-state index in [9.17, 15) is 0 Å². The zero-order valence-corrected chi connectivity index (χ0v) is 19.0. The van der Waals surface area contributed by atoms with Crippen LogP contribution in [0.1, 0.15) is 146 Å². The van der Waals surface area contributed by atoms with Gasteiger partial charge in [0.1, 0.15) is 0 Å². The molecule has 0 heterocycles. The number of unbranched alkanes of at least 4 members (excludes halogenated alkanes) is 15. The quantitative estimate of drug-likeness (QED) is 0.234. The molecule has 0 radical (unpaired) electrons. The van der Waals surface area contributed by atoms with Gasteiger partial charge in [-0.2, -0.15) is 0 Å². The fraction of sp³-hybridized carbons (Fsp3) is 0.786. The lowest BCUT2D eigenvalue weighted by Gasteiger charge is -2.25. The standard InChI is InChI=1S/C28H48/c1-2-3-4-5-6-7-8-9-10-11-12-13-14-15-16-17-21-26-23-20-24-27-22-18-19-25-28(26)27/h18-19,22,25-26H,2-17,20-21,23-24H2,1H3. The van der Waals surface area contributed by atoms with Crippen molar-refractivity contribution in [3.05, 3.63) is 35.4 Å². The van der Waals surface area contributed by atoms with Gasteiger partial charge >= 0.3 is 0 Å². The lowest BCUT2D eigenvalue weighted by atomic mass is 9.80. The zero-order chi connectivity index (χ0) is 19.7. The molecule has 0 spiro atoms. The van der Waals surface area contributed by atoms with Gasteiger partial charge in [-0.05, 0) is 42.7 Å². The summed E-state index contributed by atoms with van der Waals surface area (Å²) in [6.07, 6.45) is 29.0. The van der Waals surface area contributed by atoms with Crippen LogP contribution >= 0.6 is 0 Å². The highest BCUT2D eigenvalue weighted by atomic mass is 14.2. The van der Waals surface area contributed by atoms with Crippen molar-refractivity contribution in [2.75, 3.05) is 0 Å². The van der Waals surface area contributed by atoms with E-state index in [1.54, 1.807) is 11.1 Å². The summed E-state index contributed by atoms with van der Waals surface area (Å²) in [6, 6.07) is 9.21. The molecule has 0 aromatic heterocycles. The molecule has 0 N–H and O–H groups in total. The van der Waals surface area contributed by atoms with Crippen LogP contribution in [0.25, 0.3) is 0 Å². The van der Waals surface area contributed by atoms with Crippen molar-refractivity contribution in [3.8, 4) is 0 Å².